The first-order chi connectivity index (χ1) is 10.5. The Labute approximate surface area is 130 Å². The largest absolute Gasteiger partial charge is 0.322 e. The van der Waals surface area contributed by atoms with E-state index in [1.165, 1.54) is 36.4 Å². The highest BCUT2D eigenvalue weighted by Gasteiger charge is 2.10. The number of halogens is 2. The molecule has 0 spiro atoms. The molecule has 0 fully saturated rings. The Hall–Kier alpha value is -2.73. The van der Waals surface area contributed by atoms with Gasteiger partial charge in [-0.25, -0.2) is 4.39 Å². The van der Waals surface area contributed by atoms with Crippen molar-refractivity contribution >= 4 is 35.0 Å². The zero-order valence-electron chi connectivity index (χ0n) is 11.1. The molecular formula is C15H10ClFN2O3. The van der Waals surface area contributed by atoms with Crippen LogP contribution in [0.3, 0.4) is 0 Å². The standard InChI is InChI=1S/C15H10ClFN2O3/c16-12-9-11(6-7-13(12)17)18-15(20)8-5-10-3-1-2-4-14(10)19(21)22/h1-9H,(H,18,20). The van der Waals surface area contributed by atoms with Crippen LogP contribution in [-0.2, 0) is 4.79 Å². The van der Waals surface area contributed by atoms with E-state index in [1.54, 1.807) is 6.07 Å². The molecule has 0 aliphatic heterocycles. The van der Waals surface area contributed by atoms with Crippen molar-refractivity contribution in [1.82, 2.24) is 0 Å². The van der Waals surface area contributed by atoms with Crippen molar-refractivity contribution in [2.75, 3.05) is 5.32 Å². The molecule has 2 aromatic rings. The van der Waals surface area contributed by atoms with Gasteiger partial charge in [-0.1, -0.05) is 23.7 Å². The third-order valence-electron chi connectivity index (χ3n) is 2.73. The lowest BCUT2D eigenvalue weighted by molar-refractivity contribution is -0.385. The van der Waals surface area contributed by atoms with E-state index in [4.69, 9.17) is 11.6 Å². The normalized spacial score (nSPS) is 10.6. The average molecular weight is 321 g/mol. The van der Waals surface area contributed by atoms with E-state index in [0.717, 1.165) is 12.1 Å². The molecule has 2 rings (SSSR count). The number of rotatable bonds is 4. The summed E-state index contributed by atoms with van der Waals surface area (Å²) < 4.78 is 13.0. The van der Waals surface area contributed by atoms with E-state index in [-0.39, 0.29) is 10.7 Å². The number of benzene rings is 2. The highest BCUT2D eigenvalue weighted by atomic mass is 35.5. The number of nitro benzene ring substituents is 1. The van der Waals surface area contributed by atoms with Crippen molar-refractivity contribution in [3.05, 3.63) is 75.1 Å². The molecule has 1 amide bonds. The molecule has 0 bridgehead atoms. The van der Waals surface area contributed by atoms with Gasteiger partial charge in [-0.2, -0.15) is 0 Å². The van der Waals surface area contributed by atoms with Gasteiger partial charge in [0.1, 0.15) is 5.82 Å². The zero-order valence-corrected chi connectivity index (χ0v) is 11.9. The van der Waals surface area contributed by atoms with Crippen molar-refractivity contribution in [2.24, 2.45) is 0 Å². The smallest absolute Gasteiger partial charge is 0.276 e. The van der Waals surface area contributed by atoms with Gasteiger partial charge in [-0.15, -0.1) is 0 Å². The SMILES string of the molecule is O=C(C=Cc1ccccc1[N+](=O)[O-])Nc1ccc(F)c(Cl)c1. The third-order valence-corrected chi connectivity index (χ3v) is 3.02. The Bertz CT molecular complexity index is 762. The number of hydrogen-bond acceptors (Lipinski definition) is 3. The van der Waals surface area contributed by atoms with E-state index in [1.807, 2.05) is 0 Å². The second-order valence-electron chi connectivity index (χ2n) is 4.27. The molecule has 0 atom stereocenters. The van der Waals surface area contributed by atoms with Gasteiger partial charge in [0.05, 0.1) is 15.5 Å². The average Bonchev–Trinajstić information content (AvgIpc) is 2.49. The molecular weight excluding hydrogens is 311 g/mol. The molecule has 5 nitrogen and oxygen atoms in total. The predicted octanol–water partition coefficient (Wildman–Crippen LogP) is 4.04. The number of amides is 1. The fourth-order valence-corrected chi connectivity index (χ4v) is 1.90. The van der Waals surface area contributed by atoms with Crippen LogP contribution >= 0.6 is 11.6 Å². The highest BCUT2D eigenvalue weighted by molar-refractivity contribution is 6.31. The summed E-state index contributed by atoms with van der Waals surface area (Å²) in [6.07, 6.45) is 2.48. The van der Waals surface area contributed by atoms with Crippen LogP contribution in [0.25, 0.3) is 6.08 Å². The number of hydrogen-bond donors (Lipinski definition) is 1. The Morgan fingerprint density at radius 2 is 2.00 bits per heavy atom. The number of nitrogens with one attached hydrogen (secondary N) is 1. The van der Waals surface area contributed by atoms with Gasteiger partial charge < -0.3 is 5.32 Å². The van der Waals surface area contributed by atoms with E-state index < -0.39 is 16.6 Å². The van der Waals surface area contributed by atoms with Crippen molar-refractivity contribution in [3.63, 3.8) is 0 Å². The van der Waals surface area contributed by atoms with Crippen LogP contribution in [0.15, 0.2) is 48.5 Å². The Morgan fingerprint density at radius 1 is 1.27 bits per heavy atom. The van der Waals surface area contributed by atoms with Crippen molar-refractivity contribution in [3.8, 4) is 0 Å². The first kappa shape index (κ1) is 15.7. The Morgan fingerprint density at radius 3 is 2.68 bits per heavy atom. The number of para-hydroxylation sites is 1. The number of anilines is 1. The second-order valence-corrected chi connectivity index (χ2v) is 4.67. The lowest BCUT2D eigenvalue weighted by atomic mass is 10.1. The summed E-state index contributed by atoms with van der Waals surface area (Å²) in [7, 11) is 0. The number of nitrogens with zero attached hydrogens (tertiary/aromatic N) is 1. The van der Waals surface area contributed by atoms with Gasteiger partial charge in [0.2, 0.25) is 5.91 Å². The molecule has 7 heteroatoms. The summed E-state index contributed by atoms with van der Waals surface area (Å²) in [5.41, 5.74) is 0.528. The molecule has 0 saturated heterocycles. The van der Waals surface area contributed by atoms with Gasteiger partial charge >= 0.3 is 0 Å². The minimum Gasteiger partial charge on any atom is -0.322 e. The van der Waals surface area contributed by atoms with Gasteiger partial charge in [-0.3, -0.25) is 14.9 Å². The lowest BCUT2D eigenvalue weighted by Gasteiger charge is -2.03. The summed E-state index contributed by atoms with van der Waals surface area (Å²) in [4.78, 5) is 22.1. The third kappa shape index (κ3) is 3.89. The van der Waals surface area contributed by atoms with E-state index in [9.17, 15) is 19.3 Å². The van der Waals surface area contributed by atoms with E-state index in [0.29, 0.717) is 11.3 Å². The predicted molar refractivity (Wildman–Crippen MR) is 82.2 cm³/mol. The first-order valence-corrected chi connectivity index (χ1v) is 6.52. The summed E-state index contributed by atoms with van der Waals surface area (Å²) in [5.74, 6) is -1.10. The van der Waals surface area contributed by atoms with E-state index >= 15 is 0 Å². The number of carbonyl (C=O) groups excluding carboxylic acids is 1. The number of nitro groups is 1. The van der Waals surface area contributed by atoms with Crippen LogP contribution in [0.2, 0.25) is 5.02 Å². The molecule has 0 aliphatic carbocycles. The summed E-state index contributed by atoms with van der Waals surface area (Å²) in [6.45, 7) is 0. The van der Waals surface area contributed by atoms with Crippen LogP contribution < -0.4 is 5.32 Å². The second kappa shape index (κ2) is 6.82. The molecule has 2 aromatic carbocycles. The molecule has 0 aliphatic rings. The van der Waals surface area contributed by atoms with Crippen molar-refractivity contribution < 1.29 is 14.1 Å². The summed E-state index contributed by atoms with van der Waals surface area (Å²) in [5, 5.41) is 13.2. The van der Waals surface area contributed by atoms with Gasteiger partial charge in [-0.05, 0) is 30.3 Å². The van der Waals surface area contributed by atoms with Crippen LogP contribution in [0.1, 0.15) is 5.56 Å². The maximum Gasteiger partial charge on any atom is 0.276 e. The fourth-order valence-electron chi connectivity index (χ4n) is 1.72. The van der Waals surface area contributed by atoms with Crippen LogP contribution in [0.5, 0.6) is 0 Å². The van der Waals surface area contributed by atoms with E-state index in [2.05, 4.69) is 5.32 Å². The lowest BCUT2D eigenvalue weighted by Crippen LogP contribution is -2.07. The molecule has 1 N–H and O–H groups in total. The van der Waals surface area contributed by atoms with Crippen molar-refractivity contribution in [2.45, 2.75) is 0 Å². The fraction of sp³-hybridized carbons (Fsp3) is 0. The van der Waals surface area contributed by atoms with Gasteiger partial charge in [0, 0.05) is 17.8 Å². The molecule has 0 heterocycles. The van der Waals surface area contributed by atoms with Crippen molar-refractivity contribution in [1.29, 1.82) is 0 Å². The maximum absolute atomic E-state index is 13.0. The molecule has 0 radical (unpaired) electrons. The van der Waals surface area contributed by atoms with Crippen LogP contribution in [0.4, 0.5) is 15.8 Å². The molecule has 0 unspecified atom stereocenters. The topological polar surface area (TPSA) is 72.2 Å². The minimum atomic E-state index is -0.588. The summed E-state index contributed by atoms with van der Waals surface area (Å²) in [6, 6.07) is 9.80. The van der Waals surface area contributed by atoms with Gasteiger partial charge in [0.25, 0.3) is 5.69 Å². The maximum atomic E-state index is 13.0. The first-order valence-electron chi connectivity index (χ1n) is 6.15. The van der Waals surface area contributed by atoms with Crippen LogP contribution in [-0.4, -0.2) is 10.8 Å². The molecule has 0 saturated carbocycles. The van der Waals surface area contributed by atoms with Crippen LogP contribution in [0, 0.1) is 15.9 Å². The zero-order chi connectivity index (χ0) is 16.1. The number of carbonyl (C=O) groups is 1. The van der Waals surface area contributed by atoms with Gasteiger partial charge in [0.15, 0.2) is 0 Å². The molecule has 0 aromatic heterocycles. The Balaban J connectivity index is 2.12. The summed E-state index contributed by atoms with van der Waals surface area (Å²) >= 11 is 5.61. The monoisotopic (exact) mass is 320 g/mol. The minimum absolute atomic E-state index is 0.101. The molecule has 112 valence electrons. The quantitative estimate of drug-likeness (QED) is 0.525. The Kier molecular flexibility index (Phi) is 4.85. The molecule has 22 heavy (non-hydrogen) atoms. The highest BCUT2D eigenvalue weighted by Crippen LogP contribution is 2.20.